The van der Waals surface area contributed by atoms with Crippen LogP contribution in [-0.2, 0) is 5.54 Å². The maximum Gasteiger partial charge on any atom is 0.175 e. The molecule has 1 aliphatic rings. The molecule has 2 N–H and O–H groups in total. The lowest BCUT2D eigenvalue weighted by molar-refractivity contribution is 0.395. The molecule has 0 spiro atoms. The summed E-state index contributed by atoms with van der Waals surface area (Å²) >= 11 is 0.856. The maximum absolute atomic E-state index is 13.9. The lowest BCUT2D eigenvalue weighted by atomic mass is 9.89. The Balaban J connectivity index is 2.56. The molecule has 1 saturated carbocycles. The summed E-state index contributed by atoms with van der Waals surface area (Å²) in [6.45, 7) is 0. The van der Waals surface area contributed by atoms with Crippen LogP contribution < -0.4 is 5.73 Å². The molecule has 0 bridgehead atoms. The van der Waals surface area contributed by atoms with Gasteiger partial charge in [0.05, 0.1) is 4.90 Å². The SMILES string of the molecule is CSc1c(F)cc(C2(N)CCCC2)c(F)c1F. The van der Waals surface area contributed by atoms with Crippen molar-refractivity contribution in [2.24, 2.45) is 5.73 Å². The van der Waals surface area contributed by atoms with Crippen LogP contribution in [0, 0.1) is 17.5 Å². The monoisotopic (exact) mass is 261 g/mol. The zero-order valence-electron chi connectivity index (χ0n) is 9.53. The van der Waals surface area contributed by atoms with Gasteiger partial charge >= 0.3 is 0 Å². The summed E-state index contributed by atoms with van der Waals surface area (Å²) < 4.78 is 41.2. The van der Waals surface area contributed by atoms with Crippen LogP contribution in [0.4, 0.5) is 13.2 Å². The van der Waals surface area contributed by atoms with Crippen molar-refractivity contribution < 1.29 is 13.2 Å². The van der Waals surface area contributed by atoms with Gasteiger partial charge in [0.25, 0.3) is 0 Å². The Morgan fingerprint density at radius 2 is 1.76 bits per heavy atom. The van der Waals surface area contributed by atoms with Crippen LogP contribution >= 0.6 is 11.8 Å². The van der Waals surface area contributed by atoms with Crippen LogP contribution in [0.1, 0.15) is 31.2 Å². The fourth-order valence-corrected chi connectivity index (χ4v) is 2.93. The Kier molecular flexibility index (Phi) is 3.41. The van der Waals surface area contributed by atoms with Crippen molar-refractivity contribution in [2.45, 2.75) is 36.1 Å². The van der Waals surface area contributed by atoms with Gasteiger partial charge in [0.1, 0.15) is 5.82 Å². The molecule has 1 aromatic rings. The van der Waals surface area contributed by atoms with E-state index in [1.54, 1.807) is 0 Å². The Bertz CT molecular complexity index is 442. The summed E-state index contributed by atoms with van der Waals surface area (Å²) in [4.78, 5) is -0.284. The van der Waals surface area contributed by atoms with E-state index in [0.717, 1.165) is 30.7 Å². The second-order valence-electron chi connectivity index (χ2n) is 4.43. The van der Waals surface area contributed by atoms with E-state index in [2.05, 4.69) is 0 Å². The quantitative estimate of drug-likeness (QED) is 0.650. The van der Waals surface area contributed by atoms with E-state index in [0.29, 0.717) is 12.8 Å². The van der Waals surface area contributed by atoms with Gasteiger partial charge < -0.3 is 5.73 Å². The molecule has 1 aromatic carbocycles. The van der Waals surface area contributed by atoms with Crippen molar-refractivity contribution in [1.82, 2.24) is 0 Å². The number of benzene rings is 1. The van der Waals surface area contributed by atoms with E-state index in [9.17, 15) is 13.2 Å². The number of nitrogens with two attached hydrogens (primary N) is 1. The van der Waals surface area contributed by atoms with E-state index in [-0.39, 0.29) is 10.5 Å². The average Bonchev–Trinajstić information content (AvgIpc) is 2.72. The fourth-order valence-electron chi connectivity index (χ4n) is 2.40. The van der Waals surface area contributed by atoms with Crippen LogP contribution in [-0.4, -0.2) is 6.26 Å². The van der Waals surface area contributed by atoms with Gasteiger partial charge in [-0.2, -0.15) is 0 Å². The summed E-state index contributed by atoms with van der Waals surface area (Å²) in [7, 11) is 0. The molecule has 17 heavy (non-hydrogen) atoms. The molecule has 0 aliphatic heterocycles. The highest BCUT2D eigenvalue weighted by Crippen LogP contribution is 2.40. The molecule has 1 aliphatic carbocycles. The first-order chi connectivity index (χ1) is 7.99. The molecular weight excluding hydrogens is 247 g/mol. The van der Waals surface area contributed by atoms with Crippen LogP contribution in [0.5, 0.6) is 0 Å². The van der Waals surface area contributed by atoms with Gasteiger partial charge in [-0.15, -0.1) is 11.8 Å². The zero-order valence-corrected chi connectivity index (χ0v) is 10.3. The van der Waals surface area contributed by atoms with Gasteiger partial charge in [0.2, 0.25) is 0 Å². The van der Waals surface area contributed by atoms with Crippen molar-refractivity contribution in [3.8, 4) is 0 Å². The lowest BCUT2D eigenvalue weighted by Gasteiger charge is -2.25. The van der Waals surface area contributed by atoms with Crippen LogP contribution in [0.2, 0.25) is 0 Å². The van der Waals surface area contributed by atoms with Crippen LogP contribution in [0.15, 0.2) is 11.0 Å². The Morgan fingerprint density at radius 3 is 2.29 bits per heavy atom. The minimum absolute atomic E-state index is 0.0252. The molecule has 1 nitrogen and oxygen atoms in total. The highest BCUT2D eigenvalue weighted by atomic mass is 32.2. The van der Waals surface area contributed by atoms with Crippen molar-refractivity contribution in [2.75, 3.05) is 6.26 Å². The molecule has 2 rings (SSSR count). The third-order valence-electron chi connectivity index (χ3n) is 3.35. The Labute approximate surface area is 103 Å². The first-order valence-electron chi connectivity index (χ1n) is 5.50. The minimum Gasteiger partial charge on any atom is -0.321 e. The number of hydrogen-bond acceptors (Lipinski definition) is 2. The van der Waals surface area contributed by atoms with E-state index in [4.69, 9.17) is 5.73 Å². The number of rotatable bonds is 2. The van der Waals surface area contributed by atoms with Crippen molar-refractivity contribution in [3.05, 3.63) is 29.1 Å². The van der Waals surface area contributed by atoms with Crippen molar-refractivity contribution in [1.29, 1.82) is 0 Å². The van der Waals surface area contributed by atoms with Crippen LogP contribution in [0.3, 0.4) is 0 Å². The fraction of sp³-hybridized carbons (Fsp3) is 0.500. The predicted molar refractivity (Wildman–Crippen MR) is 62.4 cm³/mol. The minimum atomic E-state index is -1.12. The molecule has 0 atom stereocenters. The van der Waals surface area contributed by atoms with E-state index in [1.807, 2.05) is 0 Å². The topological polar surface area (TPSA) is 26.0 Å². The van der Waals surface area contributed by atoms with Crippen molar-refractivity contribution >= 4 is 11.8 Å². The molecule has 0 saturated heterocycles. The molecule has 0 heterocycles. The molecule has 0 unspecified atom stereocenters. The van der Waals surface area contributed by atoms with Gasteiger partial charge in [-0.1, -0.05) is 12.8 Å². The second-order valence-corrected chi connectivity index (χ2v) is 5.25. The third kappa shape index (κ3) is 2.06. The number of thioether (sulfide) groups is 1. The van der Waals surface area contributed by atoms with E-state index < -0.39 is 23.0 Å². The van der Waals surface area contributed by atoms with E-state index >= 15 is 0 Å². The maximum atomic E-state index is 13.9. The number of hydrogen-bond donors (Lipinski definition) is 1. The third-order valence-corrected chi connectivity index (χ3v) is 4.14. The first-order valence-corrected chi connectivity index (χ1v) is 6.73. The molecule has 0 radical (unpaired) electrons. The highest BCUT2D eigenvalue weighted by Gasteiger charge is 2.36. The lowest BCUT2D eigenvalue weighted by Crippen LogP contribution is -2.34. The van der Waals surface area contributed by atoms with Gasteiger partial charge in [-0.25, -0.2) is 13.2 Å². The summed E-state index contributed by atoms with van der Waals surface area (Å²) in [5, 5.41) is 0. The molecule has 94 valence electrons. The molecule has 0 aromatic heterocycles. The second kappa shape index (κ2) is 4.53. The molecular formula is C12H14F3NS. The molecule has 0 amide bonds. The summed E-state index contributed by atoms with van der Waals surface area (Å²) in [5.41, 5.74) is 5.09. The highest BCUT2D eigenvalue weighted by molar-refractivity contribution is 7.98. The normalized spacial score (nSPS) is 18.6. The number of halogens is 3. The van der Waals surface area contributed by atoms with Gasteiger partial charge in [-0.05, 0) is 25.2 Å². The Morgan fingerprint density at radius 1 is 1.18 bits per heavy atom. The van der Waals surface area contributed by atoms with E-state index in [1.165, 1.54) is 6.26 Å². The first kappa shape index (κ1) is 12.8. The smallest absolute Gasteiger partial charge is 0.175 e. The van der Waals surface area contributed by atoms with Crippen LogP contribution in [0.25, 0.3) is 0 Å². The van der Waals surface area contributed by atoms with Gasteiger partial charge in [-0.3, -0.25) is 0 Å². The standard InChI is InChI=1S/C12H14F3NS/c1-17-11-8(13)6-7(9(14)10(11)15)12(16)4-2-3-5-12/h6H,2-5,16H2,1H3. The summed E-state index contributed by atoms with van der Waals surface area (Å²) in [6, 6.07) is 1.05. The molecule has 1 fully saturated rings. The molecule has 5 heteroatoms. The average molecular weight is 261 g/mol. The van der Waals surface area contributed by atoms with Crippen molar-refractivity contribution in [3.63, 3.8) is 0 Å². The summed E-state index contributed by atoms with van der Waals surface area (Å²) in [5.74, 6) is -2.85. The zero-order chi connectivity index (χ0) is 12.6. The van der Waals surface area contributed by atoms with Gasteiger partial charge in [0, 0.05) is 11.1 Å². The largest absolute Gasteiger partial charge is 0.321 e. The predicted octanol–water partition coefficient (Wildman–Crippen LogP) is 3.55. The Hall–Kier alpha value is -0.680. The van der Waals surface area contributed by atoms with Gasteiger partial charge in [0.15, 0.2) is 11.6 Å². The summed E-state index contributed by atoms with van der Waals surface area (Å²) in [6.07, 6.45) is 4.38.